The van der Waals surface area contributed by atoms with Crippen LogP contribution >= 0.6 is 0 Å². The van der Waals surface area contributed by atoms with E-state index >= 15 is 0 Å². The van der Waals surface area contributed by atoms with Gasteiger partial charge in [-0.3, -0.25) is 9.69 Å². The van der Waals surface area contributed by atoms with Gasteiger partial charge in [0.25, 0.3) is 5.91 Å². The lowest BCUT2D eigenvalue weighted by Gasteiger charge is -2.13. The van der Waals surface area contributed by atoms with E-state index < -0.39 is 0 Å². The molecule has 2 aromatic rings. The van der Waals surface area contributed by atoms with Crippen LogP contribution in [0.2, 0.25) is 0 Å². The molecule has 1 aromatic carbocycles. The third-order valence-electron chi connectivity index (χ3n) is 4.03. The maximum Gasteiger partial charge on any atom is 0.347 e. The molecule has 25 heavy (non-hydrogen) atoms. The van der Waals surface area contributed by atoms with Crippen molar-refractivity contribution in [2.24, 2.45) is 5.10 Å². The molecule has 6 nitrogen and oxygen atoms in total. The summed E-state index contributed by atoms with van der Waals surface area (Å²) in [6.45, 7) is 2.52. The van der Waals surface area contributed by atoms with Gasteiger partial charge in [0, 0.05) is 12.1 Å². The average molecular weight is 339 g/mol. The van der Waals surface area contributed by atoms with Crippen LogP contribution in [0.1, 0.15) is 31.9 Å². The van der Waals surface area contributed by atoms with Crippen LogP contribution in [0.3, 0.4) is 0 Å². The number of hydrazone groups is 1. The number of carbonyl (C=O) groups is 2. The second-order valence-electron chi connectivity index (χ2n) is 5.91. The smallest absolute Gasteiger partial charge is 0.347 e. The summed E-state index contributed by atoms with van der Waals surface area (Å²) in [5.41, 5.74) is 0.969. The average Bonchev–Trinajstić information content (AvgIpc) is 3.20. The highest BCUT2D eigenvalue weighted by atomic mass is 16.3. The minimum absolute atomic E-state index is 0.0201. The number of imide groups is 1. The molecule has 3 rings (SSSR count). The van der Waals surface area contributed by atoms with Crippen LogP contribution in [0.25, 0.3) is 11.3 Å². The SMILES string of the molecule is CCCCCN1C(=O)CN(/N=C/c2ccc(-c3ccccc3)o2)C1=O. The topological polar surface area (TPSA) is 66.1 Å². The zero-order chi connectivity index (χ0) is 17.6. The number of benzene rings is 1. The lowest BCUT2D eigenvalue weighted by Crippen LogP contribution is -2.32. The van der Waals surface area contributed by atoms with Crippen molar-refractivity contribution in [2.75, 3.05) is 13.1 Å². The number of unbranched alkanes of at least 4 members (excludes halogenated alkanes) is 2. The first kappa shape index (κ1) is 17.0. The van der Waals surface area contributed by atoms with E-state index in [1.807, 2.05) is 36.4 Å². The molecule has 2 heterocycles. The van der Waals surface area contributed by atoms with Crippen LogP contribution in [0, 0.1) is 0 Å². The molecule has 130 valence electrons. The summed E-state index contributed by atoms with van der Waals surface area (Å²) in [6, 6.07) is 13.0. The van der Waals surface area contributed by atoms with Crippen LogP contribution < -0.4 is 0 Å². The normalized spacial score (nSPS) is 14.9. The maximum absolute atomic E-state index is 12.2. The zero-order valence-electron chi connectivity index (χ0n) is 14.2. The maximum atomic E-state index is 12.2. The fraction of sp³-hybridized carbons (Fsp3) is 0.316. The van der Waals surface area contributed by atoms with Crippen molar-refractivity contribution in [3.05, 3.63) is 48.2 Å². The van der Waals surface area contributed by atoms with E-state index in [1.165, 1.54) is 16.1 Å². The number of furan rings is 1. The first-order valence-electron chi connectivity index (χ1n) is 8.50. The lowest BCUT2D eigenvalue weighted by atomic mass is 10.2. The molecule has 0 aliphatic carbocycles. The number of nitrogens with zero attached hydrogens (tertiary/aromatic N) is 3. The van der Waals surface area contributed by atoms with Crippen LogP contribution in [0.15, 0.2) is 52.0 Å². The summed E-state index contributed by atoms with van der Waals surface area (Å²) in [6.07, 6.45) is 4.33. The molecule has 1 aromatic heterocycles. The second-order valence-corrected chi connectivity index (χ2v) is 5.91. The quantitative estimate of drug-likeness (QED) is 0.438. The van der Waals surface area contributed by atoms with Crippen LogP contribution in [0.5, 0.6) is 0 Å². The predicted octanol–water partition coefficient (Wildman–Crippen LogP) is 3.73. The van der Waals surface area contributed by atoms with Crippen molar-refractivity contribution in [2.45, 2.75) is 26.2 Å². The van der Waals surface area contributed by atoms with Gasteiger partial charge < -0.3 is 4.42 Å². The van der Waals surface area contributed by atoms with Crippen LogP contribution in [-0.2, 0) is 4.79 Å². The van der Waals surface area contributed by atoms with Gasteiger partial charge >= 0.3 is 6.03 Å². The Morgan fingerprint density at radius 2 is 1.92 bits per heavy atom. The molecule has 0 spiro atoms. The number of hydrogen-bond donors (Lipinski definition) is 0. The minimum atomic E-state index is -0.368. The van der Waals surface area contributed by atoms with E-state index in [4.69, 9.17) is 4.42 Å². The lowest BCUT2D eigenvalue weighted by molar-refractivity contribution is -0.125. The number of urea groups is 1. The molecule has 0 saturated carbocycles. The monoisotopic (exact) mass is 339 g/mol. The molecule has 1 aliphatic heterocycles. The molecule has 6 heteroatoms. The van der Waals surface area contributed by atoms with Crippen molar-refractivity contribution in [3.8, 4) is 11.3 Å². The fourth-order valence-corrected chi connectivity index (χ4v) is 2.66. The molecule has 0 unspecified atom stereocenters. The highest BCUT2D eigenvalue weighted by molar-refractivity contribution is 6.02. The molecule has 0 bridgehead atoms. The molecule has 3 amide bonds. The molecular formula is C19H21N3O3. The van der Waals surface area contributed by atoms with Crippen molar-refractivity contribution < 1.29 is 14.0 Å². The van der Waals surface area contributed by atoms with Crippen molar-refractivity contribution in [1.82, 2.24) is 9.91 Å². The van der Waals surface area contributed by atoms with Gasteiger partial charge in [-0.1, -0.05) is 50.1 Å². The number of rotatable bonds is 7. The zero-order valence-corrected chi connectivity index (χ0v) is 14.2. The summed E-state index contributed by atoms with van der Waals surface area (Å²) < 4.78 is 5.71. The Morgan fingerprint density at radius 3 is 2.68 bits per heavy atom. The van der Waals surface area contributed by atoms with E-state index in [0.717, 1.165) is 30.6 Å². The van der Waals surface area contributed by atoms with E-state index in [-0.39, 0.29) is 18.5 Å². The highest BCUT2D eigenvalue weighted by Crippen LogP contribution is 2.21. The minimum Gasteiger partial charge on any atom is -0.455 e. The highest BCUT2D eigenvalue weighted by Gasteiger charge is 2.35. The van der Waals surface area contributed by atoms with Gasteiger partial charge in [-0.2, -0.15) is 5.10 Å². The van der Waals surface area contributed by atoms with Gasteiger partial charge in [0.2, 0.25) is 0 Å². The van der Waals surface area contributed by atoms with Gasteiger partial charge in [-0.25, -0.2) is 9.80 Å². The van der Waals surface area contributed by atoms with Gasteiger partial charge in [0.05, 0.1) is 6.21 Å². The Kier molecular flexibility index (Phi) is 5.28. The summed E-state index contributed by atoms with van der Waals surface area (Å²) in [4.78, 5) is 25.5. The third-order valence-corrected chi connectivity index (χ3v) is 4.03. The van der Waals surface area contributed by atoms with Crippen LogP contribution in [-0.4, -0.2) is 41.2 Å². The van der Waals surface area contributed by atoms with Gasteiger partial charge in [0.15, 0.2) is 0 Å². The summed E-state index contributed by atoms with van der Waals surface area (Å²) >= 11 is 0. The Hall–Kier alpha value is -2.89. The van der Waals surface area contributed by atoms with Gasteiger partial charge in [0.1, 0.15) is 18.1 Å². The molecule has 0 radical (unpaired) electrons. The summed E-state index contributed by atoms with van der Waals surface area (Å²) in [5.74, 6) is 1.05. The fourth-order valence-electron chi connectivity index (χ4n) is 2.66. The first-order valence-corrected chi connectivity index (χ1v) is 8.50. The van der Waals surface area contributed by atoms with Crippen LogP contribution in [0.4, 0.5) is 4.79 Å². The molecule has 1 fully saturated rings. The number of hydrogen-bond acceptors (Lipinski definition) is 4. The molecule has 0 N–H and O–H groups in total. The van der Waals surface area contributed by atoms with Crippen molar-refractivity contribution >= 4 is 18.2 Å². The number of amides is 3. The Labute approximate surface area is 146 Å². The molecular weight excluding hydrogens is 318 g/mol. The van der Waals surface area contributed by atoms with E-state index in [9.17, 15) is 9.59 Å². The number of carbonyl (C=O) groups excluding carboxylic acids is 2. The largest absolute Gasteiger partial charge is 0.455 e. The Bertz CT molecular complexity index is 767. The molecule has 1 aliphatic rings. The molecule has 1 saturated heterocycles. The van der Waals surface area contributed by atoms with E-state index in [0.29, 0.717) is 12.3 Å². The van der Waals surface area contributed by atoms with E-state index in [1.54, 1.807) is 6.07 Å². The van der Waals surface area contributed by atoms with Crippen molar-refractivity contribution in [3.63, 3.8) is 0 Å². The summed E-state index contributed by atoms with van der Waals surface area (Å²) in [7, 11) is 0. The van der Waals surface area contributed by atoms with Gasteiger partial charge in [-0.05, 0) is 18.6 Å². The van der Waals surface area contributed by atoms with Gasteiger partial charge in [-0.15, -0.1) is 0 Å². The Balaban J connectivity index is 1.64. The first-order chi connectivity index (χ1) is 12.2. The predicted molar refractivity (Wildman–Crippen MR) is 95.1 cm³/mol. The van der Waals surface area contributed by atoms with Crippen molar-refractivity contribution in [1.29, 1.82) is 0 Å². The molecule has 0 atom stereocenters. The summed E-state index contributed by atoms with van der Waals surface area (Å²) in [5, 5.41) is 5.29. The second kappa shape index (κ2) is 7.79. The third kappa shape index (κ3) is 3.96. The standard InChI is InChI=1S/C19H21N3O3/c1-2-3-7-12-21-18(23)14-22(19(21)24)20-13-16-10-11-17(25-16)15-8-5-4-6-9-15/h4-6,8-11,13H,2-3,7,12,14H2,1H3/b20-13+. The Morgan fingerprint density at radius 1 is 1.12 bits per heavy atom. The van der Waals surface area contributed by atoms with E-state index in [2.05, 4.69) is 12.0 Å².